The van der Waals surface area contributed by atoms with Crippen molar-refractivity contribution in [3.05, 3.63) is 64.7 Å². The number of aryl methyl sites for hydroxylation is 1. The highest BCUT2D eigenvalue weighted by Gasteiger charge is 2.23. The molecule has 0 N–H and O–H groups in total. The minimum Gasteiger partial charge on any atom is -0.422 e. The van der Waals surface area contributed by atoms with Crippen LogP contribution >= 0.6 is 0 Å². The molecule has 158 valence electrons. The lowest BCUT2D eigenvalue weighted by Crippen LogP contribution is -2.16. The van der Waals surface area contributed by atoms with Gasteiger partial charge in [0.2, 0.25) is 0 Å². The molecule has 1 aliphatic carbocycles. The quantitative estimate of drug-likeness (QED) is 0.367. The molecule has 30 heavy (non-hydrogen) atoms. The molecule has 0 amide bonds. The van der Waals surface area contributed by atoms with E-state index in [9.17, 15) is 10.1 Å². The minimum atomic E-state index is -0.417. The standard InChI is InChI=1S/C27H33NO2/c1-4-19(3)16-21-6-9-22(10-7-21)23-11-13-24(14-12-23)27(29)30-26-15-8-20(5-2)17-25(26)18-28/h8,11-15,17,19,21-22H,4-7,9-10,16H2,1-3H3. The van der Waals surface area contributed by atoms with E-state index in [1.54, 1.807) is 12.1 Å². The van der Waals surface area contributed by atoms with Crippen LogP contribution in [0, 0.1) is 23.2 Å². The normalized spacial score (nSPS) is 19.7. The van der Waals surface area contributed by atoms with Crippen molar-refractivity contribution in [2.75, 3.05) is 0 Å². The maximum atomic E-state index is 12.6. The SMILES string of the molecule is CCc1ccc(OC(=O)c2ccc(C3CCC(CC(C)CC)CC3)cc2)c(C#N)c1. The molecule has 1 saturated carbocycles. The molecule has 1 atom stereocenters. The van der Waals surface area contributed by atoms with Gasteiger partial charge in [0, 0.05) is 0 Å². The van der Waals surface area contributed by atoms with Gasteiger partial charge in [-0.05, 0) is 91.7 Å². The first-order valence-electron chi connectivity index (χ1n) is 11.4. The molecule has 0 spiro atoms. The molecule has 3 rings (SSSR count). The second kappa shape index (κ2) is 10.4. The van der Waals surface area contributed by atoms with Crippen LogP contribution in [0.2, 0.25) is 0 Å². The number of hydrogen-bond acceptors (Lipinski definition) is 3. The molecule has 0 heterocycles. The Labute approximate surface area is 181 Å². The van der Waals surface area contributed by atoms with E-state index < -0.39 is 5.97 Å². The number of carbonyl (C=O) groups excluding carboxylic acids is 1. The third-order valence-electron chi connectivity index (χ3n) is 6.67. The van der Waals surface area contributed by atoms with E-state index in [2.05, 4.69) is 32.0 Å². The Bertz CT molecular complexity index is 886. The van der Waals surface area contributed by atoms with Crippen molar-refractivity contribution in [2.45, 2.75) is 71.6 Å². The topological polar surface area (TPSA) is 50.1 Å². The number of benzene rings is 2. The Morgan fingerprint density at radius 2 is 1.80 bits per heavy atom. The monoisotopic (exact) mass is 403 g/mol. The van der Waals surface area contributed by atoms with Crippen molar-refractivity contribution >= 4 is 5.97 Å². The zero-order valence-electron chi connectivity index (χ0n) is 18.5. The molecule has 0 bridgehead atoms. The van der Waals surface area contributed by atoms with Gasteiger partial charge in [0.05, 0.1) is 11.1 Å². The maximum absolute atomic E-state index is 12.6. The lowest BCUT2D eigenvalue weighted by atomic mass is 9.75. The molecule has 2 aromatic carbocycles. The summed E-state index contributed by atoms with van der Waals surface area (Å²) in [6.45, 7) is 6.67. The van der Waals surface area contributed by atoms with Gasteiger partial charge in [0.1, 0.15) is 11.8 Å². The van der Waals surface area contributed by atoms with Crippen LogP contribution in [0.1, 0.15) is 92.3 Å². The smallest absolute Gasteiger partial charge is 0.343 e. The summed E-state index contributed by atoms with van der Waals surface area (Å²) in [6, 6.07) is 15.4. The molecular formula is C27H33NO2. The number of esters is 1. The molecule has 3 heteroatoms. The molecule has 0 saturated heterocycles. The summed E-state index contributed by atoms with van der Waals surface area (Å²) in [6.07, 6.45) is 8.56. The number of nitrogens with zero attached hydrogens (tertiary/aromatic N) is 1. The summed E-state index contributed by atoms with van der Waals surface area (Å²) < 4.78 is 5.51. The summed E-state index contributed by atoms with van der Waals surface area (Å²) in [4.78, 5) is 12.6. The highest BCUT2D eigenvalue weighted by molar-refractivity contribution is 5.91. The van der Waals surface area contributed by atoms with Crippen LogP contribution in [0.15, 0.2) is 42.5 Å². The number of rotatable bonds is 7. The lowest BCUT2D eigenvalue weighted by molar-refractivity contribution is 0.0734. The van der Waals surface area contributed by atoms with Gasteiger partial charge in [-0.3, -0.25) is 0 Å². The van der Waals surface area contributed by atoms with E-state index >= 15 is 0 Å². The first kappa shape index (κ1) is 22.1. The van der Waals surface area contributed by atoms with E-state index in [4.69, 9.17) is 4.74 Å². The molecule has 3 nitrogen and oxygen atoms in total. The summed E-state index contributed by atoms with van der Waals surface area (Å²) in [5.41, 5.74) is 3.29. The minimum absolute atomic E-state index is 0.323. The molecule has 1 aliphatic rings. The second-order valence-electron chi connectivity index (χ2n) is 8.77. The van der Waals surface area contributed by atoms with Crippen LogP contribution < -0.4 is 4.74 Å². The summed E-state index contributed by atoms with van der Waals surface area (Å²) >= 11 is 0. The van der Waals surface area contributed by atoms with Crippen LogP contribution in [0.25, 0.3) is 0 Å². The van der Waals surface area contributed by atoms with Crippen molar-refractivity contribution in [1.82, 2.24) is 0 Å². The largest absolute Gasteiger partial charge is 0.422 e. The molecular weight excluding hydrogens is 370 g/mol. The molecule has 1 fully saturated rings. The molecule has 0 aliphatic heterocycles. The van der Waals surface area contributed by atoms with Gasteiger partial charge in [0.15, 0.2) is 0 Å². The molecule has 2 aromatic rings. The van der Waals surface area contributed by atoms with Gasteiger partial charge in [-0.15, -0.1) is 0 Å². The summed E-state index contributed by atoms with van der Waals surface area (Å²) in [7, 11) is 0. The van der Waals surface area contributed by atoms with E-state index in [0.717, 1.165) is 23.8 Å². The van der Waals surface area contributed by atoms with Crippen LogP contribution in [0.5, 0.6) is 5.75 Å². The number of ether oxygens (including phenoxy) is 1. The van der Waals surface area contributed by atoms with Gasteiger partial charge in [-0.2, -0.15) is 5.26 Å². The highest BCUT2D eigenvalue weighted by atomic mass is 16.5. The van der Waals surface area contributed by atoms with E-state index in [-0.39, 0.29) is 0 Å². The van der Waals surface area contributed by atoms with Crippen molar-refractivity contribution in [3.63, 3.8) is 0 Å². The molecule has 1 unspecified atom stereocenters. The molecule has 0 aromatic heterocycles. The fourth-order valence-electron chi connectivity index (χ4n) is 4.49. The van der Waals surface area contributed by atoms with E-state index in [1.165, 1.54) is 44.1 Å². The third kappa shape index (κ3) is 5.51. The van der Waals surface area contributed by atoms with Crippen molar-refractivity contribution < 1.29 is 9.53 Å². The van der Waals surface area contributed by atoms with Crippen LogP contribution in [-0.4, -0.2) is 5.97 Å². The van der Waals surface area contributed by atoms with E-state index in [0.29, 0.717) is 22.8 Å². The zero-order valence-corrected chi connectivity index (χ0v) is 18.5. The third-order valence-corrected chi connectivity index (χ3v) is 6.67. The van der Waals surface area contributed by atoms with Crippen molar-refractivity contribution in [1.29, 1.82) is 5.26 Å². The Morgan fingerprint density at radius 3 is 2.40 bits per heavy atom. The van der Waals surface area contributed by atoms with Gasteiger partial charge in [-0.25, -0.2) is 4.79 Å². The average Bonchev–Trinajstić information content (AvgIpc) is 2.79. The maximum Gasteiger partial charge on any atom is 0.343 e. The predicted molar refractivity (Wildman–Crippen MR) is 121 cm³/mol. The molecule has 0 radical (unpaired) electrons. The highest BCUT2D eigenvalue weighted by Crippen LogP contribution is 2.38. The van der Waals surface area contributed by atoms with Crippen LogP contribution in [0.3, 0.4) is 0 Å². The summed E-state index contributed by atoms with van der Waals surface area (Å²) in [5, 5.41) is 9.34. The number of carbonyl (C=O) groups is 1. The predicted octanol–water partition coefficient (Wildman–Crippen LogP) is 7.05. The van der Waals surface area contributed by atoms with Crippen molar-refractivity contribution in [3.8, 4) is 11.8 Å². The van der Waals surface area contributed by atoms with Crippen molar-refractivity contribution in [2.24, 2.45) is 11.8 Å². The van der Waals surface area contributed by atoms with E-state index in [1.807, 2.05) is 25.1 Å². The Balaban J connectivity index is 1.60. The Morgan fingerprint density at radius 1 is 1.10 bits per heavy atom. The second-order valence-corrected chi connectivity index (χ2v) is 8.77. The van der Waals surface area contributed by atoms with Crippen LogP contribution in [0.4, 0.5) is 0 Å². The number of nitriles is 1. The fraction of sp³-hybridized carbons (Fsp3) is 0.481. The first-order valence-corrected chi connectivity index (χ1v) is 11.4. The zero-order chi connectivity index (χ0) is 21.5. The first-order chi connectivity index (χ1) is 14.5. The summed E-state index contributed by atoms with van der Waals surface area (Å²) in [5.74, 6) is 2.20. The fourth-order valence-corrected chi connectivity index (χ4v) is 4.49. The van der Waals surface area contributed by atoms with Gasteiger partial charge < -0.3 is 4.74 Å². The lowest BCUT2D eigenvalue weighted by Gasteiger charge is -2.30. The van der Waals surface area contributed by atoms with Gasteiger partial charge in [0.25, 0.3) is 0 Å². The van der Waals surface area contributed by atoms with Gasteiger partial charge >= 0.3 is 5.97 Å². The Hall–Kier alpha value is -2.60. The number of hydrogen-bond donors (Lipinski definition) is 0. The van der Waals surface area contributed by atoms with Crippen LogP contribution in [-0.2, 0) is 6.42 Å². The Kier molecular flexibility index (Phi) is 7.69. The average molecular weight is 404 g/mol. The van der Waals surface area contributed by atoms with Gasteiger partial charge in [-0.1, -0.05) is 45.4 Å².